The minimum Gasteiger partial charge on any atom is -0.481 e. The van der Waals surface area contributed by atoms with Crippen LogP contribution < -0.4 is 4.90 Å². The summed E-state index contributed by atoms with van der Waals surface area (Å²) in [7, 11) is 2.02. The van der Waals surface area contributed by atoms with Crippen molar-refractivity contribution in [2.75, 3.05) is 18.5 Å². The Hall–Kier alpha value is -3.12. The zero-order valence-electron chi connectivity index (χ0n) is 20.2. The third-order valence-corrected chi connectivity index (χ3v) is 6.51. The number of carboxylic acid groups (broad SMARTS) is 1. The highest BCUT2D eigenvalue weighted by Gasteiger charge is 2.28. The van der Waals surface area contributed by atoms with Gasteiger partial charge in [0.2, 0.25) is 5.91 Å². The van der Waals surface area contributed by atoms with Crippen molar-refractivity contribution in [1.82, 2.24) is 4.90 Å². The van der Waals surface area contributed by atoms with Gasteiger partial charge in [0.05, 0.1) is 12.1 Å². The summed E-state index contributed by atoms with van der Waals surface area (Å²) < 4.78 is 0. The predicted octanol–water partition coefficient (Wildman–Crippen LogP) is 5.38. The number of anilines is 2. The Morgan fingerprint density at radius 3 is 2.68 bits per heavy atom. The molecule has 0 aliphatic carbocycles. The quantitative estimate of drug-likeness (QED) is 0.326. The highest BCUT2D eigenvalue weighted by molar-refractivity contribution is 5.79. The van der Waals surface area contributed by atoms with Crippen LogP contribution in [0.15, 0.2) is 60.7 Å². The number of carboxylic acids is 1. The molecule has 1 saturated heterocycles. The number of aliphatic carboxylic acids is 1. The first-order valence-electron chi connectivity index (χ1n) is 12.1. The number of carbonyl (C=O) groups is 2. The number of aliphatic hydroxyl groups is 1. The van der Waals surface area contributed by atoms with E-state index < -0.39 is 12.1 Å². The molecule has 1 heterocycles. The third kappa shape index (κ3) is 6.94. The second kappa shape index (κ2) is 12.4. The summed E-state index contributed by atoms with van der Waals surface area (Å²) >= 11 is 0. The molecule has 2 aromatic rings. The van der Waals surface area contributed by atoms with Gasteiger partial charge >= 0.3 is 5.97 Å². The van der Waals surface area contributed by atoms with Crippen molar-refractivity contribution in [1.29, 1.82) is 0 Å². The molecule has 6 nitrogen and oxygen atoms in total. The summed E-state index contributed by atoms with van der Waals surface area (Å²) in [5.74, 6) is -0.609. The summed E-state index contributed by atoms with van der Waals surface area (Å²) in [5.41, 5.74) is 4.11. The Morgan fingerprint density at radius 2 is 1.91 bits per heavy atom. The maximum absolute atomic E-state index is 12.3. The SMILES string of the molecule is Cc1ccccc1N(C)c1cccc(C(O)/C=C/[C@H]2CCC(=O)N2CCCCCCC(=O)O)c1. The lowest BCUT2D eigenvalue weighted by molar-refractivity contribution is -0.137. The van der Waals surface area contributed by atoms with E-state index in [-0.39, 0.29) is 18.4 Å². The Kier molecular flexibility index (Phi) is 9.28. The van der Waals surface area contributed by atoms with Gasteiger partial charge in [0.15, 0.2) is 0 Å². The molecule has 1 fully saturated rings. The summed E-state index contributed by atoms with van der Waals surface area (Å²) in [4.78, 5) is 26.9. The first-order valence-corrected chi connectivity index (χ1v) is 12.1. The van der Waals surface area contributed by atoms with Crippen molar-refractivity contribution >= 4 is 23.3 Å². The van der Waals surface area contributed by atoms with Gasteiger partial charge in [0.1, 0.15) is 0 Å². The van der Waals surface area contributed by atoms with Crippen molar-refractivity contribution in [2.45, 2.75) is 64.0 Å². The lowest BCUT2D eigenvalue weighted by atomic mass is 10.1. The van der Waals surface area contributed by atoms with Crippen LogP contribution in [-0.2, 0) is 9.59 Å². The number of amides is 1. The number of para-hydroxylation sites is 1. The minimum atomic E-state index is -0.758. The van der Waals surface area contributed by atoms with Gasteiger partial charge in [0, 0.05) is 37.8 Å². The van der Waals surface area contributed by atoms with E-state index in [2.05, 4.69) is 24.0 Å². The normalized spacial score (nSPS) is 16.9. The Morgan fingerprint density at radius 1 is 1.15 bits per heavy atom. The van der Waals surface area contributed by atoms with Crippen molar-refractivity contribution < 1.29 is 19.8 Å². The van der Waals surface area contributed by atoms with Gasteiger partial charge in [-0.1, -0.05) is 55.3 Å². The van der Waals surface area contributed by atoms with E-state index in [0.29, 0.717) is 19.4 Å². The molecule has 1 unspecified atom stereocenters. The Labute approximate surface area is 202 Å². The zero-order valence-corrected chi connectivity index (χ0v) is 20.2. The molecule has 0 bridgehead atoms. The second-order valence-corrected chi connectivity index (χ2v) is 9.02. The second-order valence-electron chi connectivity index (χ2n) is 9.02. The van der Waals surface area contributed by atoms with Crippen LogP contribution in [0.2, 0.25) is 0 Å². The number of benzene rings is 2. The molecule has 0 saturated carbocycles. The molecule has 0 aromatic heterocycles. The van der Waals surface area contributed by atoms with Crippen LogP contribution in [0.1, 0.15) is 62.2 Å². The van der Waals surface area contributed by atoms with E-state index in [0.717, 1.165) is 42.6 Å². The van der Waals surface area contributed by atoms with Gasteiger partial charge < -0.3 is 20.0 Å². The van der Waals surface area contributed by atoms with Crippen LogP contribution in [0.25, 0.3) is 0 Å². The van der Waals surface area contributed by atoms with Gasteiger partial charge in [-0.3, -0.25) is 9.59 Å². The summed E-state index contributed by atoms with van der Waals surface area (Å²) in [6.07, 6.45) is 7.80. The molecule has 34 heavy (non-hydrogen) atoms. The van der Waals surface area contributed by atoms with E-state index in [1.54, 1.807) is 6.08 Å². The fourth-order valence-corrected chi connectivity index (χ4v) is 4.50. The van der Waals surface area contributed by atoms with Crippen molar-refractivity contribution in [3.8, 4) is 0 Å². The van der Waals surface area contributed by atoms with Crippen LogP contribution >= 0.6 is 0 Å². The van der Waals surface area contributed by atoms with E-state index in [1.165, 1.54) is 5.56 Å². The molecular weight excluding hydrogens is 428 g/mol. The van der Waals surface area contributed by atoms with Crippen LogP contribution in [0, 0.1) is 6.92 Å². The summed E-state index contributed by atoms with van der Waals surface area (Å²) in [6.45, 7) is 2.76. The van der Waals surface area contributed by atoms with Crippen molar-refractivity contribution in [3.63, 3.8) is 0 Å². The fraction of sp³-hybridized carbons (Fsp3) is 0.429. The number of carbonyl (C=O) groups excluding carboxylic acids is 1. The molecule has 3 rings (SSSR count). The van der Waals surface area contributed by atoms with E-state index in [9.17, 15) is 14.7 Å². The highest BCUT2D eigenvalue weighted by Crippen LogP contribution is 2.29. The van der Waals surface area contributed by atoms with Gasteiger partial charge in [0.25, 0.3) is 0 Å². The van der Waals surface area contributed by atoms with Gasteiger partial charge in [-0.05, 0) is 55.5 Å². The molecule has 1 aliphatic heterocycles. The van der Waals surface area contributed by atoms with E-state index in [4.69, 9.17) is 5.11 Å². The summed E-state index contributed by atoms with van der Waals surface area (Å²) in [5, 5.41) is 19.5. The number of rotatable bonds is 12. The van der Waals surface area contributed by atoms with Crippen LogP contribution in [0.3, 0.4) is 0 Å². The Bertz CT molecular complexity index is 1000. The molecule has 1 amide bonds. The molecule has 6 heteroatoms. The molecule has 2 N–H and O–H groups in total. The standard InChI is InChI=1S/C28H36N2O4/c1-21-10-6-7-13-25(21)29(2)24-12-9-11-22(20-24)26(31)17-15-23-16-18-27(32)30(23)19-8-4-3-5-14-28(33)34/h6-7,9-13,15,17,20,23,26,31H,3-5,8,14,16,18-19H2,1-2H3,(H,33,34)/b17-15+/t23-,26?/m0/s1. The van der Waals surface area contributed by atoms with Crippen molar-refractivity contribution in [3.05, 3.63) is 71.8 Å². The van der Waals surface area contributed by atoms with E-state index in [1.807, 2.05) is 54.4 Å². The third-order valence-electron chi connectivity index (χ3n) is 6.51. The number of aryl methyl sites for hydroxylation is 1. The molecule has 1 aliphatic rings. The molecule has 2 aromatic carbocycles. The van der Waals surface area contributed by atoms with Gasteiger partial charge in [-0.25, -0.2) is 0 Å². The van der Waals surface area contributed by atoms with Crippen LogP contribution in [-0.4, -0.2) is 46.6 Å². The zero-order chi connectivity index (χ0) is 24.5. The van der Waals surface area contributed by atoms with E-state index >= 15 is 0 Å². The molecule has 0 spiro atoms. The lowest BCUT2D eigenvalue weighted by Crippen LogP contribution is -2.32. The fourth-order valence-electron chi connectivity index (χ4n) is 4.50. The van der Waals surface area contributed by atoms with Gasteiger partial charge in [-0.15, -0.1) is 0 Å². The molecule has 182 valence electrons. The number of likely N-dealkylation sites (tertiary alicyclic amines) is 1. The van der Waals surface area contributed by atoms with Gasteiger partial charge in [-0.2, -0.15) is 0 Å². The number of hydrogen-bond acceptors (Lipinski definition) is 4. The predicted molar refractivity (Wildman–Crippen MR) is 135 cm³/mol. The largest absolute Gasteiger partial charge is 0.481 e. The Balaban J connectivity index is 1.58. The topological polar surface area (TPSA) is 81.1 Å². The number of aliphatic hydroxyl groups excluding tert-OH is 1. The minimum absolute atomic E-state index is 0.000931. The molecule has 2 atom stereocenters. The first kappa shape index (κ1) is 25.5. The number of hydrogen-bond donors (Lipinski definition) is 2. The number of nitrogens with zero attached hydrogens (tertiary/aromatic N) is 2. The maximum atomic E-state index is 12.3. The first-order chi connectivity index (χ1) is 16.4. The van der Waals surface area contributed by atoms with Crippen molar-refractivity contribution in [2.24, 2.45) is 0 Å². The average molecular weight is 465 g/mol. The highest BCUT2D eigenvalue weighted by atomic mass is 16.4. The van der Waals surface area contributed by atoms with Crippen LogP contribution in [0.5, 0.6) is 0 Å². The maximum Gasteiger partial charge on any atom is 0.303 e. The smallest absolute Gasteiger partial charge is 0.303 e. The monoisotopic (exact) mass is 464 g/mol. The lowest BCUT2D eigenvalue weighted by Gasteiger charge is -2.23. The average Bonchev–Trinajstić information content (AvgIpc) is 3.18. The summed E-state index contributed by atoms with van der Waals surface area (Å²) in [6, 6.07) is 16.1. The van der Waals surface area contributed by atoms with Crippen LogP contribution in [0.4, 0.5) is 11.4 Å². The number of unbranched alkanes of at least 4 members (excludes halogenated alkanes) is 3. The molecule has 0 radical (unpaired) electrons. The molecular formula is C28H36N2O4.